The predicted molar refractivity (Wildman–Crippen MR) is 65.7 cm³/mol. The van der Waals surface area contributed by atoms with Crippen LogP contribution in [-0.2, 0) is 0 Å². The fourth-order valence-electron chi connectivity index (χ4n) is 1.47. The van der Waals surface area contributed by atoms with Crippen LogP contribution in [0.25, 0.3) is 11.3 Å². The number of rotatable bonds is 5. The summed E-state index contributed by atoms with van der Waals surface area (Å²) in [4.78, 5) is 10.5. The molecule has 0 spiro atoms. The van der Waals surface area contributed by atoms with Gasteiger partial charge < -0.3 is 9.15 Å². The number of ether oxygens (including phenoxy) is 1. The minimum atomic E-state index is 0.312. The normalized spacial score (nSPS) is 10.2. The number of carbonyl (C=O) groups excluding carboxylic acids is 1. The number of furan rings is 1. The highest BCUT2D eigenvalue weighted by Gasteiger charge is 2.05. The Morgan fingerprint density at radius 1 is 1.29 bits per heavy atom. The lowest BCUT2D eigenvalue weighted by Crippen LogP contribution is -1.97. The molecule has 0 bridgehead atoms. The number of hydrogen-bond acceptors (Lipinski definition) is 3. The fourth-order valence-corrected chi connectivity index (χ4v) is 1.54. The Morgan fingerprint density at radius 3 is 2.88 bits per heavy atom. The molecule has 0 fully saturated rings. The third-order valence-electron chi connectivity index (χ3n) is 2.21. The van der Waals surface area contributed by atoms with Crippen LogP contribution in [0.3, 0.4) is 0 Å². The van der Waals surface area contributed by atoms with Crippen LogP contribution >= 0.6 is 11.6 Å². The van der Waals surface area contributed by atoms with E-state index in [0.29, 0.717) is 30.3 Å². The zero-order valence-electron chi connectivity index (χ0n) is 9.06. The minimum absolute atomic E-state index is 0.312. The van der Waals surface area contributed by atoms with E-state index in [1.807, 2.05) is 24.3 Å². The molecule has 0 amide bonds. The molecule has 2 rings (SSSR count). The Hall–Kier alpha value is -1.74. The standard InChI is InChI=1S/C13H11ClO3/c14-6-7-16-11-3-1-2-10(8-11)13-5-4-12(9-15)17-13/h1-5,8-9H,6-7H2. The van der Waals surface area contributed by atoms with Gasteiger partial charge in [0.15, 0.2) is 12.0 Å². The summed E-state index contributed by atoms with van der Waals surface area (Å²) in [6, 6.07) is 10.8. The van der Waals surface area contributed by atoms with E-state index in [2.05, 4.69) is 0 Å². The zero-order valence-corrected chi connectivity index (χ0v) is 9.81. The van der Waals surface area contributed by atoms with Gasteiger partial charge in [0.05, 0.1) is 5.88 Å². The van der Waals surface area contributed by atoms with Crippen LogP contribution < -0.4 is 4.74 Å². The van der Waals surface area contributed by atoms with E-state index in [-0.39, 0.29) is 0 Å². The molecule has 0 N–H and O–H groups in total. The van der Waals surface area contributed by atoms with Gasteiger partial charge in [-0.25, -0.2) is 0 Å². The molecule has 2 aromatic rings. The van der Waals surface area contributed by atoms with Crippen molar-refractivity contribution in [1.82, 2.24) is 0 Å². The molecule has 0 aliphatic carbocycles. The van der Waals surface area contributed by atoms with E-state index in [0.717, 1.165) is 11.3 Å². The van der Waals surface area contributed by atoms with Crippen LogP contribution in [0.4, 0.5) is 0 Å². The molecule has 1 aromatic heterocycles. The molecular weight excluding hydrogens is 240 g/mol. The molecule has 0 unspecified atom stereocenters. The van der Waals surface area contributed by atoms with Crippen LogP contribution in [0.1, 0.15) is 10.6 Å². The predicted octanol–water partition coefficient (Wildman–Crippen LogP) is 3.38. The lowest BCUT2D eigenvalue weighted by atomic mass is 10.1. The number of halogens is 1. The summed E-state index contributed by atoms with van der Waals surface area (Å²) in [6.45, 7) is 0.461. The second-order valence-electron chi connectivity index (χ2n) is 3.39. The highest BCUT2D eigenvalue weighted by atomic mass is 35.5. The Kier molecular flexibility index (Phi) is 3.83. The van der Waals surface area contributed by atoms with E-state index < -0.39 is 0 Å². The van der Waals surface area contributed by atoms with Crippen molar-refractivity contribution in [2.75, 3.05) is 12.5 Å². The van der Waals surface area contributed by atoms with Gasteiger partial charge in [-0.15, -0.1) is 11.6 Å². The van der Waals surface area contributed by atoms with Gasteiger partial charge in [-0.2, -0.15) is 0 Å². The summed E-state index contributed by atoms with van der Waals surface area (Å²) in [7, 11) is 0. The highest BCUT2D eigenvalue weighted by Crippen LogP contribution is 2.25. The van der Waals surface area contributed by atoms with E-state index >= 15 is 0 Å². The van der Waals surface area contributed by atoms with Crippen LogP contribution in [0, 0.1) is 0 Å². The van der Waals surface area contributed by atoms with Gasteiger partial charge in [0.25, 0.3) is 0 Å². The summed E-state index contributed by atoms with van der Waals surface area (Å²) < 4.78 is 10.7. The maximum Gasteiger partial charge on any atom is 0.185 e. The second-order valence-corrected chi connectivity index (χ2v) is 3.76. The molecule has 4 heteroatoms. The molecule has 0 radical (unpaired) electrons. The molecule has 1 heterocycles. The topological polar surface area (TPSA) is 39.4 Å². The summed E-state index contributed by atoms with van der Waals surface area (Å²) >= 11 is 5.55. The smallest absolute Gasteiger partial charge is 0.185 e. The molecule has 0 saturated heterocycles. The van der Waals surface area contributed by atoms with E-state index in [1.54, 1.807) is 12.1 Å². The largest absolute Gasteiger partial charge is 0.492 e. The van der Waals surface area contributed by atoms with Gasteiger partial charge in [0, 0.05) is 5.56 Å². The van der Waals surface area contributed by atoms with Crippen LogP contribution in [0.5, 0.6) is 5.75 Å². The van der Waals surface area contributed by atoms with Crippen LogP contribution in [0.15, 0.2) is 40.8 Å². The number of carbonyl (C=O) groups is 1. The minimum Gasteiger partial charge on any atom is -0.492 e. The van der Waals surface area contributed by atoms with Crippen molar-refractivity contribution >= 4 is 17.9 Å². The maximum absolute atomic E-state index is 10.5. The third-order valence-corrected chi connectivity index (χ3v) is 2.36. The molecule has 0 saturated carbocycles. The van der Waals surface area contributed by atoms with E-state index in [4.69, 9.17) is 20.8 Å². The van der Waals surface area contributed by atoms with Gasteiger partial charge in [-0.3, -0.25) is 4.79 Å². The molecule has 0 atom stereocenters. The van der Waals surface area contributed by atoms with Gasteiger partial charge in [-0.05, 0) is 24.3 Å². The molecule has 0 aliphatic rings. The fraction of sp³-hybridized carbons (Fsp3) is 0.154. The lowest BCUT2D eigenvalue weighted by Gasteiger charge is -2.04. The van der Waals surface area contributed by atoms with Gasteiger partial charge in [0.2, 0.25) is 0 Å². The van der Waals surface area contributed by atoms with Crippen molar-refractivity contribution in [1.29, 1.82) is 0 Å². The van der Waals surface area contributed by atoms with Crippen molar-refractivity contribution in [2.24, 2.45) is 0 Å². The second kappa shape index (κ2) is 5.55. The first-order chi connectivity index (χ1) is 8.33. The molecule has 88 valence electrons. The zero-order chi connectivity index (χ0) is 12.1. The van der Waals surface area contributed by atoms with Gasteiger partial charge in [-0.1, -0.05) is 12.1 Å². The Labute approximate surface area is 104 Å². The number of aldehydes is 1. The quantitative estimate of drug-likeness (QED) is 0.603. The number of benzene rings is 1. The lowest BCUT2D eigenvalue weighted by molar-refractivity contribution is 0.110. The Balaban J connectivity index is 2.22. The van der Waals surface area contributed by atoms with Crippen molar-refractivity contribution in [2.45, 2.75) is 0 Å². The monoisotopic (exact) mass is 250 g/mol. The summed E-state index contributed by atoms with van der Waals surface area (Å²) in [6.07, 6.45) is 0.678. The third kappa shape index (κ3) is 2.88. The number of alkyl halides is 1. The van der Waals surface area contributed by atoms with E-state index in [1.165, 1.54) is 0 Å². The van der Waals surface area contributed by atoms with Crippen LogP contribution in [0.2, 0.25) is 0 Å². The first-order valence-electron chi connectivity index (χ1n) is 5.17. The van der Waals surface area contributed by atoms with E-state index in [9.17, 15) is 4.79 Å². The van der Waals surface area contributed by atoms with Gasteiger partial charge in [0.1, 0.15) is 18.1 Å². The SMILES string of the molecule is O=Cc1ccc(-c2cccc(OCCCl)c2)o1. The molecule has 0 aliphatic heterocycles. The van der Waals surface area contributed by atoms with Crippen molar-refractivity contribution < 1.29 is 13.9 Å². The van der Waals surface area contributed by atoms with Gasteiger partial charge >= 0.3 is 0 Å². The summed E-state index contributed by atoms with van der Waals surface area (Å²) in [5, 5.41) is 0. The summed E-state index contributed by atoms with van der Waals surface area (Å²) in [5.41, 5.74) is 0.866. The average Bonchev–Trinajstić information content (AvgIpc) is 2.85. The maximum atomic E-state index is 10.5. The number of hydrogen-bond donors (Lipinski definition) is 0. The molecule has 1 aromatic carbocycles. The van der Waals surface area contributed by atoms with Crippen molar-refractivity contribution in [3.05, 3.63) is 42.2 Å². The van der Waals surface area contributed by atoms with Crippen LogP contribution in [-0.4, -0.2) is 18.8 Å². The highest BCUT2D eigenvalue weighted by molar-refractivity contribution is 6.18. The first-order valence-corrected chi connectivity index (χ1v) is 5.71. The Bertz CT molecular complexity index is 505. The van der Waals surface area contributed by atoms with Crippen molar-refractivity contribution in [3.8, 4) is 17.1 Å². The molecular formula is C13H11ClO3. The van der Waals surface area contributed by atoms with Crippen molar-refractivity contribution in [3.63, 3.8) is 0 Å². The first kappa shape index (κ1) is 11.7. The summed E-state index contributed by atoms with van der Waals surface area (Å²) in [5.74, 6) is 2.13. The molecule has 17 heavy (non-hydrogen) atoms. The molecule has 3 nitrogen and oxygen atoms in total. The average molecular weight is 251 g/mol. The Morgan fingerprint density at radius 2 is 2.18 bits per heavy atom.